The Morgan fingerprint density at radius 1 is 1.04 bits per heavy atom. The van der Waals surface area contributed by atoms with Crippen molar-refractivity contribution in [2.75, 3.05) is 16.4 Å². The van der Waals surface area contributed by atoms with Crippen molar-refractivity contribution in [2.45, 2.75) is 26.3 Å². The average Bonchev–Trinajstić information content (AvgIpc) is 3.10. The van der Waals surface area contributed by atoms with E-state index >= 15 is 0 Å². The van der Waals surface area contributed by atoms with Gasteiger partial charge < -0.3 is 16.4 Å². The van der Waals surface area contributed by atoms with Gasteiger partial charge in [0.05, 0.1) is 23.0 Å². The Balaban J connectivity index is 1.65. The van der Waals surface area contributed by atoms with E-state index in [1.807, 2.05) is 32.9 Å². The minimum atomic E-state index is -0.356. The average molecular weight is 375 g/mol. The van der Waals surface area contributed by atoms with Gasteiger partial charge in [-0.2, -0.15) is 5.10 Å². The van der Waals surface area contributed by atoms with Crippen molar-refractivity contribution in [1.82, 2.24) is 19.7 Å². The Labute approximate surface area is 163 Å². The van der Waals surface area contributed by atoms with E-state index in [4.69, 9.17) is 5.73 Å². The summed E-state index contributed by atoms with van der Waals surface area (Å²) >= 11 is 0. The lowest BCUT2D eigenvalue weighted by molar-refractivity contribution is 0.262. The first kappa shape index (κ1) is 18.9. The molecular weight excluding hydrogens is 354 g/mol. The van der Waals surface area contributed by atoms with E-state index in [2.05, 4.69) is 37.5 Å². The summed E-state index contributed by atoms with van der Waals surface area (Å²) in [6.45, 7) is 6.10. The summed E-state index contributed by atoms with van der Waals surface area (Å²) in [5, 5.41) is 9.81. The number of hydrogen-bond acceptors (Lipinski definition) is 5. The molecule has 0 aliphatic carbocycles. The lowest BCUT2D eigenvalue weighted by Gasteiger charge is -2.18. The van der Waals surface area contributed by atoms with Crippen LogP contribution in [0.25, 0.3) is 0 Å². The zero-order valence-corrected chi connectivity index (χ0v) is 15.9. The van der Waals surface area contributed by atoms with Gasteiger partial charge in [-0.3, -0.25) is 4.68 Å². The van der Waals surface area contributed by atoms with Crippen molar-refractivity contribution < 1.29 is 4.79 Å². The largest absolute Gasteiger partial charge is 0.368 e. The molecule has 8 nitrogen and oxygen atoms in total. The summed E-state index contributed by atoms with van der Waals surface area (Å²) in [6.07, 6.45) is 6.52. The predicted octanol–water partition coefficient (Wildman–Crippen LogP) is 3.05. The Morgan fingerprint density at radius 2 is 1.71 bits per heavy atom. The van der Waals surface area contributed by atoms with Gasteiger partial charge in [0.1, 0.15) is 0 Å². The standard InChI is InChI=1S/C20H21N7O/c1-20(2,3)27-13-17(12-24-27)26-19(28)25-16-6-4-5-14(9-16)7-8-15-10-22-18(21)23-11-15/h4-6,9-13H,1-3H3,(H2,21,22,23)(H2,25,26,28). The first-order valence-electron chi connectivity index (χ1n) is 8.62. The molecule has 0 aliphatic heterocycles. The van der Waals surface area contributed by atoms with Crippen LogP contribution in [0.1, 0.15) is 31.9 Å². The van der Waals surface area contributed by atoms with Gasteiger partial charge in [-0.1, -0.05) is 17.9 Å². The van der Waals surface area contributed by atoms with Crippen molar-refractivity contribution in [2.24, 2.45) is 0 Å². The molecule has 8 heteroatoms. The summed E-state index contributed by atoms with van der Waals surface area (Å²) < 4.78 is 1.79. The second-order valence-corrected chi connectivity index (χ2v) is 7.08. The summed E-state index contributed by atoms with van der Waals surface area (Å²) in [7, 11) is 0. The number of nitrogens with zero attached hydrogens (tertiary/aromatic N) is 4. The highest BCUT2D eigenvalue weighted by Gasteiger charge is 2.14. The number of aromatic nitrogens is 4. The molecule has 0 atom stereocenters. The molecule has 2 heterocycles. The molecule has 0 spiro atoms. The Kier molecular flexibility index (Phi) is 5.27. The quantitative estimate of drug-likeness (QED) is 0.596. The molecule has 1 aromatic carbocycles. The zero-order chi connectivity index (χ0) is 20.1. The van der Waals surface area contributed by atoms with Crippen molar-refractivity contribution in [3.8, 4) is 11.8 Å². The van der Waals surface area contributed by atoms with Crippen LogP contribution in [0.5, 0.6) is 0 Å². The van der Waals surface area contributed by atoms with Gasteiger partial charge in [0, 0.05) is 29.8 Å². The molecule has 2 amide bonds. The van der Waals surface area contributed by atoms with Crippen LogP contribution in [0, 0.1) is 11.8 Å². The Morgan fingerprint density at radius 3 is 2.39 bits per heavy atom. The molecule has 0 bridgehead atoms. The second kappa shape index (κ2) is 7.80. The summed E-state index contributed by atoms with van der Waals surface area (Å²) in [4.78, 5) is 20.0. The van der Waals surface area contributed by atoms with Crippen LogP contribution < -0.4 is 16.4 Å². The highest BCUT2D eigenvalue weighted by molar-refractivity contribution is 5.99. The van der Waals surface area contributed by atoms with Crippen molar-refractivity contribution in [1.29, 1.82) is 0 Å². The third-order valence-corrected chi connectivity index (χ3v) is 3.67. The van der Waals surface area contributed by atoms with Crippen molar-refractivity contribution in [3.05, 3.63) is 60.2 Å². The van der Waals surface area contributed by atoms with Gasteiger partial charge in [-0.15, -0.1) is 0 Å². The monoisotopic (exact) mass is 375 g/mol. The molecule has 0 saturated carbocycles. The highest BCUT2D eigenvalue weighted by atomic mass is 16.2. The van der Waals surface area contributed by atoms with Gasteiger partial charge in [-0.25, -0.2) is 14.8 Å². The van der Waals surface area contributed by atoms with Crippen LogP contribution in [-0.2, 0) is 5.54 Å². The maximum atomic E-state index is 12.2. The van der Waals surface area contributed by atoms with Crippen LogP contribution in [0.15, 0.2) is 49.1 Å². The maximum absolute atomic E-state index is 12.2. The molecule has 0 radical (unpaired) electrons. The number of hydrogen-bond donors (Lipinski definition) is 3. The molecule has 4 N–H and O–H groups in total. The number of benzene rings is 1. The van der Waals surface area contributed by atoms with E-state index in [0.29, 0.717) is 16.9 Å². The Bertz CT molecular complexity index is 1040. The molecule has 28 heavy (non-hydrogen) atoms. The molecule has 0 saturated heterocycles. The minimum absolute atomic E-state index is 0.154. The first-order valence-corrected chi connectivity index (χ1v) is 8.62. The van der Waals surface area contributed by atoms with E-state index < -0.39 is 0 Å². The molecular formula is C20H21N7O. The molecule has 3 rings (SSSR count). The predicted molar refractivity (Wildman–Crippen MR) is 109 cm³/mol. The third kappa shape index (κ3) is 5.08. The van der Waals surface area contributed by atoms with Crippen molar-refractivity contribution in [3.63, 3.8) is 0 Å². The fourth-order valence-electron chi connectivity index (χ4n) is 2.27. The molecule has 142 valence electrons. The molecule has 0 fully saturated rings. The lowest BCUT2D eigenvalue weighted by atomic mass is 10.1. The first-order chi connectivity index (χ1) is 13.3. The third-order valence-electron chi connectivity index (χ3n) is 3.67. The van der Waals surface area contributed by atoms with E-state index in [-0.39, 0.29) is 17.5 Å². The highest BCUT2D eigenvalue weighted by Crippen LogP contribution is 2.16. The SMILES string of the molecule is CC(C)(C)n1cc(NC(=O)Nc2cccc(C#Cc3cnc(N)nc3)c2)cn1. The molecule has 2 aromatic heterocycles. The fraction of sp³-hybridized carbons (Fsp3) is 0.200. The normalized spacial score (nSPS) is 10.7. The number of anilines is 3. The molecule has 3 aromatic rings. The summed E-state index contributed by atoms with van der Waals surface area (Å²) in [5.41, 5.74) is 7.94. The van der Waals surface area contributed by atoms with E-state index in [9.17, 15) is 4.79 Å². The van der Waals surface area contributed by atoms with Gasteiger partial charge in [0.15, 0.2) is 0 Å². The number of urea groups is 1. The van der Waals surface area contributed by atoms with Crippen LogP contribution in [0.3, 0.4) is 0 Å². The van der Waals surface area contributed by atoms with Gasteiger partial charge in [0.25, 0.3) is 0 Å². The van der Waals surface area contributed by atoms with E-state index in [1.54, 1.807) is 41.6 Å². The smallest absolute Gasteiger partial charge is 0.323 e. The van der Waals surface area contributed by atoms with Crippen LogP contribution in [-0.4, -0.2) is 25.8 Å². The molecule has 0 unspecified atom stereocenters. The Hall–Kier alpha value is -3.86. The van der Waals surface area contributed by atoms with Gasteiger partial charge >= 0.3 is 6.03 Å². The second-order valence-electron chi connectivity index (χ2n) is 7.08. The van der Waals surface area contributed by atoms with Gasteiger partial charge in [0.2, 0.25) is 5.95 Å². The summed E-state index contributed by atoms with van der Waals surface area (Å²) in [6, 6.07) is 6.88. The fourth-order valence-corrected chi connectivity index (χ4v) is 2.27. The maximum Gasteiger partial charge on any atom is 0.323 e. The molecule has 0 aliphatic rings. The number of carbonyl (C=O) groups is 1. The number of amides is 2. The van der Waals surface area contributed by atoms with Gasteiger partial charge in [-0.05, 0) is 39.0 Å². The summed E-state index contributed by atoms with van der Waals surface area (Å²) in [5.74, 6) is 6.17. The number of nitrogen functional groups attached to an aromatic ring is 1. The van der Waals surface area contributed by atoms with Crippen LogP contribution in [0.2, 0.25) is 0 Å². The number of rotatable bonds is 2. The van der Waals surface area contributed by atoms with Crippen LogP contribution in [0.4, 0.5) is 22.1 Å². The van der Waals surface area contributed by atoms with Crippen LogP contribution >= 0.6 is 0 Å². The lowest BCUT2D eigenvalue weighted by Crippen LogP contribution is -2.22. The van der Waals surface area contributed by atoms with E-state index in [1.165, 1.54) is 0 Å². The van der Waals surface area contributed by atoms with E-state index in [0.717, 1.165) is 5.56 Å². The topological polar surface area (TPSA) is 111 Å². The number of nitrogens with one attached hydrogen (secondary N) is 2. The van der Waals surface area contributed by atoms with Crippen molar-refractivity contribution >= 4 is 23.4 Å². The number of nitrogens with two attached hydrogens (primary N) is 1. The minimum Gasteiger partial charge on any atom is -0.368 e. The zero-order valence-electron chi connectivity index (χ0n) is 15.9. The number of carbonyl (C=O) groups excluding carboxylic acids is 1.